The van der Waals surface area contributed by atoms with Crippen LogP contribution in [0.3, 0.4) is 0 Å². The average molecular weight is 236 g/mol. The van der Waals surface area contributed by atoms with E-state index in [0.717, 1.165) is 24.9 Å². The van der Waals surface area contributed by atoms with Crippen LogP contribution in [0.2, 0.25) is 0 Å². The Bertz CT molecular complexity index is 437. The molecular weight excluding hydrogens is 216 g/mol. The van der Waals surface area contributed by atoms with Gasteiger partial charge < -0.3 is 9.47 Å². The summed E-state index contributed by atoms with van der Waals surface area (Å²) in [6, 6.07) is 3.38. The first-order chi connectivity index (χ1) is 8.04. The molecule has 0 aliphatic heterocycles. The van der Waals surface area contributed by atoms with Crippen molar-refractivity contribution in [3.8, 4) is 0 Å². The molecule has 1 aromatic rings. The lowest BCUT2D eigenvalue weighted by atomic mass is 10.3. The molecule has 0 bridgehead atoms. The van der Waals surface area contributed by atoms with Crippen LogP contribution in [0.5, 0.6) is 0 Å². The van der Waals surface area contributed by atoms with Crippen LogP contribution in [0.4, 0.5) is 0 Å². The number of amides is 1. The van der Waals surface area contributed by atoms with Gasteiger partial charge in [0.15, 0.2) is 0 Å². The third-order valence-electron chi connectivity index (χ3n) is 2.73. The Labute approximate surface area is 102 Å². The number of aromatic nitrogens is 1. The largest absolute Gasteiger partial charge is 0.344 e. The second-order valence-corrected chi connectivity index (χ2v) is 4.34. The maximum atomic E-state index is 11.8. The third kappa shape index (κ3) is 4.06. The molecule has 0 spiro atoms. The molecule has 0 N–H and O–H groups in total. The Kier molecular flexibility index (Phi) is 4.94. The van der Waals surface area contributed by atoms with Crippen molar-refractivity contribution < 1.29 is 4.79 Å². The zero-order valence-corrected chi connectivity index (χ0v) is 10.8. The fourth-order valence-corrected chi connectivity index (χ4v) is 1.52. The number of pyridine rings is 1. The second-order valence-electron chi connectivity index (χ2n) is 4.34. The number of likely N-dealkylation sites (N-methyl/N-ethyl adjacent to an activating group) is 1. The fourth-order valence-electron chi connectivity index (χ4n) is 1.52. The van der Waals surface area contributed by atoms with Gasteiger partial charge in [-0.1, -0.05) is 13.3 Å². The average Bonchev–Trinajstić information content (AvgIpc) is 2.29. The van der Waals surface area contributed by atoms with E-state index in [1.165, 1.54) is 4.57 Å². The SMILES string of the molecule is CCCCN(C)C(=O)Cn1ccc(C)cc1=O. The smallest absolute Gasteiger partial charge is 0.251 e. The van der Waals surface area contributed by atoms with Crippen molar-refractivity contribution in [2.45, 2.75) is 33.2 Å². The predicted molar refractivity (Wildman–Crippen MR) is 68.0 cm³/mol. The molecule has 94 valence electrons. The van der Waals surface area contributed by atoms with E-state index < -0.39 is 0 Å². The zero-order valence-electron chi connectivity index (χ0n) is 10.8. The molecule has 0 saturated carbocycles. The van der Waals surface area contributed by atoms with Crippen LogP contribution in [-0.4, -0.2) is 29.0 Å². The summed E-state index contributed by atoms with van der Waals surface area (Å²) < 4.78 is 1.44. The van der Waals surface area contributed by atoms with Crippen molar-refractivity contribution in [2.24, 2.45) is 0 Å². The first-order valence-electron chi connectivity index (χ1n) is 5.95. The molecular formula is C13H20N2O2. The van der Waals surface area contributed by atoms with Gasteiger partial charge in [-0.3, -0.25) is 9.59 Å². The van der Waals surface area contributed by atoms with Gasteiger partial charge in [-0.25, -0.2) is 0 Å². The Hall–Kier alpha value is -1.58. The van der Waals surface area contributed by atoms with Gasteiger partial charge in [-0.05, 0) is 25.0 Å². The highest BCUT2D eigenvalue weighted by Gasteiger charge is 2.09. The standard InChI is InChI=1S/C13H20N2O2/c1-4-5-7-14(3)13(17)10-15-8-6-11(2)9-12(15)16/h6,8-9H,4-5,7,10H2,1-3H3. The monoisotopic (exact) mass is 236 g/mol. The molecule has 1 rings (SSSR count). The van der Waals surface area contributed by atoms with Gasteiger partial charge in [-0.15, -0.1) is 0 Å². The molecule has 1 amide bonds. The van der Waals surface area contributed by atoms with Gasteiger partial charge in [0.2, 0.25) is 5.91 Å². The summed E-state index contributed by atoms with van der Waals surface area (Å²) in [6.07, 6.45) is 3.72. The van der Waals surface area contributed by atoms with Crippen LogP contribution in [0, 0.1) is 6.92 Å². The Morgan fingerprint density at radius 2 is 2.18 bits per heavy atom. The Morgan fingerprint density at radius 3 is 2.76 bits per heavy atom. The van der Waals surface area contributed by atoms with E-state index in [-0.39, 0.29) is 18.0 Å². The molecule has 0 fully saturated rings. The van der Waals surface area contributed by atoms with E-state index in [2.05, 4.69) is 6.92 Å². The van der Waals surface area contributed by atoms with Crippen molar-refractivity contribution in [1.82, 2.24) is 9.47 Å². The summed E-state index contributed by atoms with van der Waals surface area (Å²) >= 11 is 0. The molecule has 4 heteroatoms. The number of hydrogen-bond donors (Lipinski definition) is 0. The zero-order chi connectivity index (χ0) is 12.8. The van der Waals surface area contributed by atoms with Gasteiger partial charge in [0.05, 0.1) is 0 Å². The Morgan fingerprint density at radius 1 is 1.47 bits per heavy atom. The van der Waals surface area contributed by atoms with Crippen molar-refractivity contribution in [2.75, 3.05) is 13.6 Å². The van der Waals surface area contributed by atoms with Crippen molar-refractivity contribution >= 4 is 5.91 Å². The quantitative estimate of drug-likeness (QED) is 0.776. The summed E-state index contributed by atoms with van der Waals surface area (Å²) in [5.41, 5.74) is 0.792. The molecule has 4 nitrogen and oxygen atoms in total. The lowest BCUT2D eigenvalue weighted by Gasteiger charge is -2.17. The molecule has 0 unspecified atom stereocenters. The van der Waals surface area contributed by atoms with Crippen molar-refractivity contribution in [3.05, 3.63) is 34.2 Å². The minimum atomic E-state index is -0.123. The van der Waals surface area contributed by atoms with Gasteiger partial charge in [-0.2, -0.15) is 0 Å². The molecule has 1 heterocycles. The topological polar surface area (TPSA) is 42.3 Å². The minimum absolute atomic E-state index is 0.0237. The van der Waals surface area contributed by atoms with Crippen molar-refractivity contribution in [1.29, 1.82) is 0 Å². The van der Waals surface area contributed by atoms with Crippen LogP contribution < -0.4 is 5.56 Å². The molecule has 17 heavy (non-hydrogen) atoms. The maximum absolute atomic E-state index is 11.8. The number of rotatable bonds is 5. The number of aryl methyl sites for hydroxylation is 1. The summed E-state index contributed by atoms with van der Waals surface area (Å²) in [5, 5.41) is 0. The van der Waals surface area contributed by atoms with E-state index in [1.54, 1.807) is 24.2 Å². The molecule has 0 aromatic carbocycles. The summed E-state index contributed by atoms with van der Waals surface area (Å²) in [4.78, 5) is 25.1. The van der Waals surface area contributed by atoms with E-state index in [1.807, 2.05) is 13.0 Å². The van der Waals surface area contributed by atoms with Crippen LogP contribution in [0.1, 0.15) is 25.3 Å². The summed E-state index contributed by atoms with van der Waals surface area (Å²) in [7, 11) is 1.78. The van der Waals surface area contributed by atoms with Crippen LogP contribution in [0.15, 0.2) is 23.1 Å². The highest BCUT2D eigenvalue weighted by Crippen LogP contribution is 1.96. The first-order valence-corrected chi connectivity index (χ1v) is 5.95. The van der Waals surface area contributed by atoms with E-state index in [9.17, 15) is 9.59 Å². The molecule has 0 aliphatic rings. The van der Waals surface area contributed by atoms with Crippen LogP contribution in [0.25, 0.3) is 0 Å². The number of carbonyl (C=O) groups excluding carboxylic acids is 1. The lowest BCUT2D eigenvalue weighted by Crippen LogP contribution is -2.34. The van der Waals surface area contributed by atoms with Crippen molar-refractivity contribution in [3.63, 3.8) is 0 Å². The molecule has 0 saturated heterocycles. The van der Waals surface area contributed by atoms with Gasteiger partial charge >= 0.3 is 0 Å². The molecule has 0 atom stereocenters. The second kappa shape index (κ2) is 6.23. The van der Waals surface area contributed by atoms with Crippen LogP contribution >= 0.6 is 0 Å². The normalized spacial score (nSPS) is 10.3. The van der Waals surface area contributed by atoms with E-state index in [4.69, 9.17) is 0 Å². The summed E-state index contributed by atoms with van der Waals surface area (Å²) in [5.74, 6) is -0.0237. The van der Waals surface area contributed by atoms with Gasteiger partial charge in [0.25, 0.3) is 5.56 Å². The molecule has 1 aromatic heterocycles. The highest BCUT2D eigenvalue weighted by atomic mass is 16.2. The predicted octanol–water partition coefficient (Wildman–Crippen LogP) is 1.42. The third-order valence-corrected chi connectivity index (χ3v) is 2.73. The van der Waals surface area contributed by atoms with E-state index in [0.29, 0.717) is 0 Å². The van der Waals surface area contributed by atoms with Gasteiger partial charge in [0, 0.05) is 25.9 Å². The number of carbonyl (C=O) groups is 1. The maximum Gasteiger partial charge on any atom is 0.251 e. The minimum Gasteiger partial charge on any atom is -0.344 e. The van der Waals surface area contributed by atoms with Gasteiger partial charge in [0.1, 0.15) is 6.54 Å². The van der Waals surface area contributed by atoms with Crippen LogP contribution in [-0.2, 0) is 11.3 Å². The fraction of sp³-hybridized carbons (Fsp3) is 0.538. The number of nitrogens with zero attached hydrogens (tertiary/aromatic N) is 2. The lowest BCUT2D eigenvalue weighted by molar-refractivity contribution is -0.130. The van der Waals surface area contributed by atoms with E-state index >= 15 is 0 Å². The first kappa shape index (κ1) is 13.5. The summed E-state index contributed by atoms with van der Waals surface area (Å²) in [6.45, 7) is 4.82. The number of unbranched alkanes of at least 4 members (excludes halogenated alkanes) is 1. The molecule has 0 aliphatic carbocycles. The highest BCUT2D eigenvalue weighted by molar-refractivity contribution is 5.75. The number of hydrogen-bond acceptors (Lipinski definition) is 2. The Balaban J connectivity index is 2.64. The molecule has 0 radical (unpaired) electrons.